The van der Waals surface area contributed by atoms with Crippen molar-refractivity contribution in [1.29, 1.82) is 0 Å². The van der Waals surface area contributed by atoms with Gasteiger partial charge in [0.05, 0.1) is 0 Å². The highest BCUT2D eigenvalue weighted by Crippen LogP contribution is 2.13. The van der Waals surface area contributed by atoms with Crippen LogP contribution in [0.15, 0.2) is 109 Å². The zero-order chi connectivity index (χ0) is 48.6. The third-order valence-corrected chi connectivity index (χ3v) is 11.2. The molecule has 0 fully saturated rings. The van der Waals surface area contributed by atoms with Gasteiger partial charge in [-0.25, -0.2) is 0 Å². The van der Waals surface area contributed by atoms with Crippen molar-refractivity contribution in [1.82, 2.24) is 0 Å². The molecule has 0 aliphatic carbocycles. The van der Waals surface area contributed by atoms with Crippen molar-refractivity contribution >= 4 is 17.9 Å². The van der Waals surface area contributed by atoms with E-state index in [-0.39, 0.29) is 37.5 Å². The summed E-state index contributed by atoms with van der Waals surface area (Å²) in [4.78, 5) is 38.0. The summed E-state index contributed by atoms with van der Waals surface area (Å²) in [6.45, 7) is 6.40. The van der Waals surface area contributed by atoms with Gasteiger partial charge < -0.3 is 14.2 Å². The van der Waals surface area contributed by atoms with Gasteiger partial charge in [0, 0.05) is 19.3 Å². The fourth-order valence-electron chi connectivity index (χ4n) is 7.14. The van der Waals surface area contributed by atoms with Gasteiger partial charge in [-0.1, -0.05) is 214 Å². The van der Waals surface area contributed by atoms with Crippen molar-refractivity contribution < 1.29 is 28.6 Å². The predicted molar refractivity (Wildman–Crippen MR) is 288 cm³/mol. The Morgan fingerprint density at radius 1 is 0.313 bits per heavy atom. The molecule has 0 aliphatic rings. The fourth-order valence-corrected chi connectivity index (χ4v) is 7.14. The highest BCUT2D eigenvalue weighted by Gasteiger charge is 2.19. The van der Waals surface area contributed by atoms with E-state index in [2.05, 4.69) is 124 Å². The maximum atomic E-state index is 12.8. The molecule has 0 heterocycles. The number of allylic oxidation sites excluding steroid dienone is 18. The number of rotatable bonds is 48. The van der Waals surface area contributed by atoms with Crippen LogP contribution < -0.4 is 0 Å². The first kappa shape index (κ1) is 63.1. The zero-order valence-electron chi connectivity index (χ0n) is 43.4. The van der Waals surface area contributed by atoms with Crippen LogP contribution in [0.1, 0.15) is 239 Å². The molecule has 0 spiro atoms. The number of unbranched alkanes of at least 4 members (excludes halogenated alkanes) is 19. The van der Waals surface area contributed by atoms with Gasteiger partial charge in [-0.05, 0) is 116 Å². The Morgan fingerprint density at radius 2 is 0.612 bits per heavy atom. The van der Waals surface area contributed by atoms with Crippen LogP contribution in [0.5, 0.6) is 0 Å². The Balaban J connectivity index is 4.55. The van der Waals surface area contributed by atoms with E-state index < -0.39 is 6.10 Å². The van der Waals surface area contributed by atoms with Crippen LogP contribution in [0, 0.1) is 0 Å². The molecule has 380 valence electrons. The molecule has 0 aromatic rings. The molecule has 0 radical (unpaired) electrons. The molecule has 0 aromatic carbocycles. The normalized spacial score (nSPS) is 12.9. The molecule has 0 saturated carbocycles. The van der Waals surface area contributed by atoms with Crippen molar-refractivity contribution in [3.8, 4) is 0 Å². The van der Waals surface area contributed by atoms with Crippen molar-refractivity contribution in [3.05, 3.63) is 109 Å². The SMILES string of the molecule is CCC=CCC=CCC=CCC=CCC=CCC=CCCC(=O)OC[C@@H](COC(=O)CCCCCCCC=CCC=CCCCCC)OC(=O)CCCCCCCC=CCCCCCCCC. The Bertz CT molecular complexity index is 1390. The summed E-state index contributed by atoms with van der Waals surface area (Å²) in [6.07, 6.45) is 73.7. The lowest BCUT2D eigenvalue weighted by atomic mass is 10.1. The molecule has 1 atom stereocenters. The van der Waals surface area contributed by atoms with E-state index in [1.807, 2.05) is 6.08 Å². The van der Waals surface area contributed by atoms with E-state index in [0.717, 1.165) is 116 Å². The lowest BCUT2D eigenvalue weighted by Crippen LogP contribution is -2.30. The minimum atomic E-state index is -0.820. The molecule has 6 nitrogen and oxygen atoms in total. The number of carbonyl (C=O) groups is 3. The van der Waals surface area contributed by atoms with E-state index in [1.54, 1.807) is 0 Å². The second-order valence-electron chi connectivity index (χ2n) is 17.7. The first-order valence-electron chi connectivity index (χ1n) is 27.4. The lowest BCUT2D eigenvalue weighted by Gasteiger charge is -2.18. The van der Waals surface area contributed by atoms with E-state index in [4.69, 9.17) is 14.2 Å². The summed E-state index contributed by atoms with van der Waals surface area (Å²) in [5, 5.41) is 0. The number of hydrogen-bond donors (Lipinski definition) is 0. The monoisotopic (exact) mass is 929 g/mol. The van der Waals surface area contributed by atoms with Crippen LogP contribution in [0.2, 0.25) is 0 Å². The van der Waals surface area contributed by atoms with E-state index in [1.165, 1.54) is 77.0 Å². The van der Waals surface area contributed by atoms with Crippen molar-refractivity contribution in [2.24, 2.45) is 0 Å². The molecule has 0 aromatic heterocycles. The van der Waals surface area contributed by atoms with Gasteiger partial charge in [0.15, 0.2) is 6.10 Å². The third-order valence-electron chi connectivity index (χ3n) is 11.2. The van der Waals surface area contributed by atoms with Crippen molar-refractivity contribution in [3.63, 3.8) is 0 Å². The number of esters is 3. The Morgan fingerprint density at radius 3 is 1.04 bits per heavy atom. The highest BCUT2D eigenvalue weighted by molar-refractivity contribution is 5.71. The molecule has 0 saturated heterocycles. The molecule has 0 bridgehead atoms. The van der Waals surface area contributed by atoms with Gasteiger partial charge in [-0.2, -0.15) is 0 Å². The summed E-state index contributed by atoms with van der Waals surface area (Å²) in [6, 6.07) is 0. The fraction of sp³-hybridized carbons (Fsp3) is 0.656. The van der Waals surface area contributed by atoms with E-state index in [0.29, 0.717) is 19.3 Å². The number of ether oxygens (including phenoxy) is 3. The molecule has 0 N–H and O–H groups in total. The molecule has 6 heteroatoms. The van der Waals surface area contributed by atoms with Gasteiger partial charge in [0.25, 0.3) is 0 Å². The predicted octanol–water partition coefficient (Wildman–Crippen LogP) is 18.3. The average molecular weight is 929 g/mol. The van der Waals surface area contributed by atoms with Gasteiger partial charge in [0.2, 0.25) is 0 Å². The second-order valence-corrected chi connectivity index (χ2v) is 17.7. The van der Waals surface area contributed by atoms with Crippen LogP contribution in [0.4, 0.5) is 0 Å². The molecule has 0 rings (SSSR count). The molecule has 67 heavy (non-hydrogen) atoms. The average Bonchev–Trinajstić information content (AvgIpc) is 3.33. The quantitative estimate of drug-likeness (QED) is 0.0262. The lowest BCUT2D eigenvalue weighted by molar-refractivity contribution is -0.166. The first-order valence-corrected chi connectivity index (χ1v) is 27.4. The number of hydrogen-bond acceptors (Lipinski definition) is 6. The van der Waals surface area contributed by atoms with Crippen LogP contribution in [0.3, 0.4) is 0 Å². The van der Waals surface area contributed by atoms with Gasteiger partial charge in [0.1, 0.15) is 13.2 Å². The standard InChI is InChI=1S/C61H100O6/c1-4-7-10-13-16-19-22-25-28-29-30-31-34-36-39-42-45-48-51-54-60(63)66-57-58(67-61(64)55-52-49-46-43-40-37-33-27-24-21-18-15-12-9-6-3)56-65-59(62)53-50-47-44-41-38-35-32-26-23-20-17-14-11-8-5-2/h7,10,16-17,19-20,25-28,30-33,36,39,45,48,58H,4-6,8-9,11-15,18,21-24,29,34-35,37-38,40-44,46-47,49-57H2,1-3H3/t58-/m1/s1. The highest BCUT2D eigenvalue weighted by atomic mass is 16.6. The Kier molecular flexibility index (Phi) is 51.5. The first-order chi connectivity index (χ1) is 33.0. The van der Waals surface area contributed by atoms with E-state index in [9.17, 15) is 14.4 Å². The minimum Gasteiger partial charge on any atom is -0.462 e. The number of carbonyl (C=O) groups excluding carboxylic acids is 3. The van der Waals surface area contributed by atoms with E-state index >= 15 is 0 Å². The summed E-state index contributed by atoms with van der Waals surface area (Å²) < 4.78 is 16.7. The van der Waals surface area contributed by atoms with Crippen LogP contribution >= 0.6 is 0 Å². The smallest absolute Gasteiger partial charge is 0.306 e. The van der Waals surface area contributed by atoms with Gasteiger partial charge >= 0.3 is 17.9 Å². The largest absolute Gasteiger partial charge is 0.462 e. The Labute approximate surface area is 412 Å². The van der Waals surface area contributed by atoms with Crippen LogP contribution in [-0.2, 0) is 28.6 Å². The van der Waals surface area contributed by atoms with Crippen molar-refractivity contribution in [2.45, 2.75) is 245 Å². The molecular weight excluding hydrogens is 829 g/mol. The van der Waals surface area contributed by atoms with Gasteiger partial charge in [-0.15, -0.1) is 0 Å². The third kappa shape index (κ3) is 52.9. The molecule has 0 unspecified atom stereocenters. The summed E-state index contributed by atoms with van der Waals surface area (Å²) in [7, 11) is 0. The summed E-state index contributed by atoms with van der Waals surface area (Å²) in [5.41, 5.74) is 0. The molecular formula is C61H100O6. The zero-order valence-corrected chi connectivity index (χ0v) is 43.4. The van der Waals surface area contributed by atoms with Crippen LogP contribution in [-0.4, -0.2) is 37.2 Å². The molecule has 0 amide bonds. The van der Waals surface area contributed by atoms with Gasteiger partial charge in [-0.3, -0.25) is 14.4 Å². The van der Waals surface area contributed by atoms with Crippen LogP contribution in [0.25, 0.3) is 0 Å². The van der Waals surface area contributed by atoms with Crippen molar-refractivity contribution in [2.75, 3.05) is 13.2 Å². The summed E-state index contributed by atoms with van der Waals surface area (Å²) in [5.74, 6) is -1.02. The maximum Gasteiger partial charge on any atom is 0.306 e. The summed E-state index contributed by atoms with van der Waals surface area (Å²) >= 11 is 0. The topological polar surface area (TPSA) is 78.9 Å². The minimum absolute atomic E-state index is 0.113. The second kappa shape index (κ2) is 54.7. The maximum absolute atomic E-state index is 12.8. The molecule has 0 aliphatic heterocycles. The Hall–Kier alpha value is -3.93.